The van der Waals surface area contributed by atoms with Gasteiger partial charge in [-0.1, -0.05) is 6.92 Å². The van der Waals surface area contributed by atoms with Crippen LogP contribution in [0, 0.1) is 12.8 Å². The van der Waals surface area contributed by atoms with E-state index >= 15 is 0 Å². The Hall–Kier alpha value is -1.19. The number of rotatable bonds is 2. The maximum atomic E-state index is 5.68. The van der Waals surface area contributed by atoms with E-state index in [9.17, 15) is 0 Å². The summed E-state index contributed by atoms with van der Waals surface area (Å²) in [7, 11) is 0. The summed E-state index contributed by atoms with van der Waals surface area (Å²) in [5.41, 5.74) is 5.68. The van der Waals surface area contributed by atoms with Gasteiger partial charge in [-0.25, -0.2) is 4.98 Å². The predicted octanol–water partition coefficient (Wildman–Crippen LogP) is 1.12. The molecule has 1 heterocycles. The monoisotopic (exact) mass is 166 g/mol. The van der Waals surface area contributed by atoms with Crippen molar-refractivity contribution in [3.8, 4) is 0 Å². The summed E-state index contributed by atoms with van der Waals surface area (Å²) < 4.78 is 0. The second-order valence-electron chi connectivity index (χ2n) is 3.55. The topological polar surface area (TPSA) is 66.7 Å². The number of aromatic amines is 1. The van der Waals surface area contributed by atoms with Crippen LogP contribution in [0.3, 0.4) is 0 Å². The Morgan fingerprint density at radius 1 is 1.67 bits per heavy atom. The highest BCUT2D eigenvalue weighted by Crippen LogP contribution is 2.33. The first-order valence-electron chi connectivity index (χ1n) is 4.25. The third-order valence-electron chi connectivity index (χ3n) is 2.28. The first-order chi connectivity index (χ1) is 5.66. The molecular formula is C8H14N4. The van der Waals surface area contributed by atoms with Crippen molar-refractivity contribution in [3.05, 3.63) is 5.82 Å². The normalized spacial score (nSPS) is 27.2. The van der Waals surface area contributed by atoms with Crippen LogP contribution in [0.4, 0.5) is 11.6 Å². The van der Waals surface area contributed by atoms with Crippen LogP contribution in [-0.2, 0) is 0 Å². The first-order valence-corrected chi connectivity index (χ1v) is 4.25. The van der Waals surface area contributed by atoms with Gasteiger partial charge in [-0.15, -0.1) is 0 Å². The Labute approximate surface area is 71.6 Å². The molecule has 1 aromatic rings. The minimum absolute atomic E-state index is 0.579. The zero-order valence-corrected chi connectivity index (χ0v) is 7.39. The van der Waals surface area contributed by atoms with Crippen LogP contribution in [0.1, 0.15) is 19.2 Å². The van der Waals surface area contributed by atoms with Crippen molar-refractivity contribution < 1.29 is 0 Å². The second-order valence-corrected chi connectivity index (χ2v) is 3.55. The lowest BCUT2D eigenvalue weighted by molar-refractivity contribution is 0.925. The average Bonchev–Trinajstić information content (AvgIpc) is 2.55. The summed E-state index contributed by atoms with van der Waals surface area (Å²) in [5, 5.41) is 3.29. The number of imidazole rings is 1. The first kappa shape index (κ1) is 7.46. The fraction of sp³-hybridized carbons (Fsp3) is 0.625. The van der Waals surface area contributed by atoms with Crippen LogP contribution < -0.4 is 11.1 Å². The molecule has 1 aliphatic carbocycles. The minimum Gasteiger partial charge on any atom is -0.382 e. The molecule has 2 unspecified atom stereocenters. The van der Waals surface area contributed by atoms with E-state index < -0.39 is 0 Å². The SMILES string of the molecule is Cc1nc(NC2CC2C)c(N)[nH]1. The molecule has 4 N–H and O–H groups in total. The molecule has 0 amide bonds. The summed E-state index contributed by atoms with van der Waals surface area (Å²) in [5.74, 6) is 3.08. The highest BCUT2D eigenvalue weighted by atomic mass is 15.1. The van der Waals surface area contributed by atoms with Crippen molar-refractivity contribution in [2.45, 2.75) is 26.3 Å². The molecule has 2 rings (SSSR count). The Morgan fingerprint density at radius 2 is 2.33 bits per heavy atom. The molecule has 1 saturated carbocycles. The molecule has 0 saturated heterocycles. The molecule has 0 aromatic carbocycles. The molecule has 1 aromatic heterocycles. The highest BCUT2D eigenvalue weighted by Gasteiger charge is 2.33. The van der Waals surface area contributed by atoms with Gasteiger partial charge in [0.1, 0.15) is 11.6 Å². The average molecular weight is 166 g/mol. The highest BCUT2D eigenvalue weighted by molar-refractivity contribution is 5.58. The summed E-state index contributed by atoms with van der Waals surface area (Å²) >= 11 is 0. The van der Waals surface area contributed by atoms with Gasteiger partial charge in [0.05, 0.1) is 0 Å². The van der Waals surface area contributed by atoms with Gasteiger partial charge in [0, 0.05) is 6.04 Å². The third-order valence-corrected chi connectivity index (χ3v) is 2.28. The fourth-order valence-corrected chi connectivity index (χ4v) is 1.32. The lowest BCUT2D eigenvalue weighted by atomic mass is 10.5. The Bertz CT molecular complexity index is 291. The molecular weight excluding hydrogens is 152 g/mol. The summed E-state index contributed by atoms with van der Waals surface area (Å²) in [4.78, 5) is 7.19. The van der Waals surface area contributed by atoms with E-state index in [0.29, 0.717) is 11.9 Å². The molecule has 0 bridgehead atoms. The van der Waals surface area contributed by atoms with Crippen LogP contribution in [-0.4, -0.2) is 16.0 Å². The van der Waals surface area contributed by atoms with E-state index in [0.717, 1.165) is 17.6 Å². The number of nitrogens with one attached hydrogen (secondary N) is 2. The van der Waals surface area contributed by atoms with Gasteiger partial charge in [0.15, 0.2) is 5.82 Å². The predicted molar refractivity (Wildman–Crippen MR) is 48.9 cm³/mol. The van der Waals surface area contributed by atoms with Crippen molar-refractivity contribution in [2.24, 2.45) is 5.92 Å². The maximum Gasteiger partial charge on any atom is 0.168 e. The van der Waals surface area contributed by atoms with Crippen LogP contribution >= 0.6 is 0 Å². The molecule has 4 nitrogen and oxygen atoms in total. The van der Waals surface area contributed by atoms with Crippen molar-refractivity contribution >= 4 is 11.6 Å². The quantitative estimate of drug-likeness (QED) is 0.616. The number of hydrogen-bond acceptors (Lipinski definition) is 3. The smallest absolute Gasteiger partial charge is 0.168 e. The van der Waals surface area contributed by atoms with E-state index in [1.807, 2.05) is 6.92 Å². The number of aryl methyl sites for hydroxylation is 1. The van der Waals surface area contributed by atoms with Crippen molar-refractivity contribution in [3.63, 3.8) is 0 Å². The molecule has 66 valence electrons. The molecule has 1 fully saturated rings. The van der Waals surface area contributed by atoms with Gasteiger partial charge < -0.3 is 16.0 Å². The Balaban J connectivity index is 2.07. The van der Waals surface area contributed by atoms with Gasteiger partial charge in [-0.3, -0.25) is 0 Å². The van der Waals surface area contributed by atoms with Crippen LogP contribution in [0.2, 0.25) is 0 Å². The molecule has 0 spiro atoms. The lowest BCUT2D eigenvalue weighted by Crippen LogP contribution is -2.05. The van der Waals surface area contributed by atoms with Crippen LogP contribution in [0.15, 0.2) is 0 Å². The minimum atomic E-state index is 0.579. The molecule has 4 heteroatoms. The van der Waals surface area contributed by atoms with Gasteiger partial charge in [0.2, 0.25) is 0 Å². The molecule has 12 heavy (non-hydrogen) atoms. The van der Waals surface area contributed by atoms with E-state index in [4.69, 9.17) is 5.73 Å². The Morgan fingerprint density at radius 3 is 2.75 bits per heavy atom. The standard InChI is InChI=1S/C8H14N4/c1-4-3-6(4)12-8-7(9)10-5(2)11-8/h4,6,12H,3,9H2,1-2H3,(H,10,11). The summed E-state index contributed by atoms with van der Waals surface area (Å²) in [6.07, 6.45) is 1.23. The zero-order chi connectivity index (χ0) is 8.72. The van der Waals surface area contributed by atoms with Gasteiger partial charge >= 0.3 is 0 Å². The van der Waals surface area contributed by atoms with E-state index in [-0.39, 0.29) is 0 Å². The number of nitrogens with two attached hydrogens (primary N) is 1. The molecule has 1 aliphatic rings. The number of anilines is 2. The zero-order valence-electron chi connectivity index (χ0n) is 7.39. The molecule has 2 atom stereocenters. The number of nitrogens with zero attached hydrogens (tertiary/aromatic N) is 1. The lowest BCUT2D eigenvalue weighted by Gasteiger charge is -2.00. The largest absolute Gasteiger partial charge is 0.382 e. The third kappa shape index (κ3) is 1.24. The summed E-state index contributed by atoms with van der Waals surface area (Å²) in [6.45, 7) is 4.12. The van der Waals surface area contributed by atoms with Crippen molar-refractivity contribution in [1.82, 2.24) is 9.97 Å². The maximum absolute atomic E-state index is 5.68. The van der Waals surface area contributed by atoms with Crippen molar-refractivity contribution in [2.75, 3.05) is 11.1 Å². The molecule has 0 aliphatic heterocycles. The molecule has 0 radical (unpaired) electrons. The summed E-state index contributed by atoms with van der Waals surface area (Å²) in [6, 6.07) is 0.579. The van der Waals surface area contributed by atoms with E-state index in [1.165, 1.54) is 6.42 Å². The van der Waals surface area contributed by atoms with Crippen molar-refractivity contribution in [1.29, 1.82) is 0 Å². The van der Waals surface area contributed by atoms with Crippen LogP contribution in [0.5, 0.6) is 0 Å². The number of H-pyrrole nitrogens is 1. The number of aromatic nitrogens is 2. The second kappa shape index (κ2) is 2.40. The van der Waals surface area contributed by atoms with Crippen LogP contribution in [0.25, 0.3) is 0 Å². The van der Waals surface area contributed by atoms with Gasteiger partial charge in [0.25, 0.3) is 0 Å². The Kier molecular flexibility index (Phi) is 1.49. The number of nitrogen functional groups attached to an aromatic ring is 1. The van der Waals surface area contributed by atoms with E-state index in [1.54, 1.807) is 0 Å². The van der Waals surface area contributed by atoms with Gasteiger partial charge in [-0.2, -0.15) is 0 Å². The fourth-order valence-electron chi connectivity index (χ4n) is 1.32. The number of hydrogen-bond donors (Lipinski definition) is 3. The van der Waals surface area contributed by atoms with E-state index in [2.05, 4.69) is 22.2 Å². The van der Waals surface area contributed by atoms with Gasteiger partial charge in [-0.05, 0) is 19.3 Å².